The molecule has 2 heterocycles. The third-order valence-electron chi connectivity index (χ3n) is 4.63. The van der Waals surface area contributed by atoms with Gasteiger partial charge in [-0.05, 0) is 39.0 Å². The minimum atomic E-state index is -4.67. The van der Waals surface area contributed by atoms with Gasteiger partial charge in [0.2, 0.25) is 11.9 Å². The molecule has 0 spiro atoms. The molecule has 1 aliphatic heterocycles. The van der Waals surface area contributed by atoms with Crippen molar-refractivity contribution in [3.8, 4) is 6.01 Å². The summed E-state index contributed by atoms with van der Waals surface area (Å²) < 4.78 is 87.0. The van der Waals surface area contributed by atoms with Gasteiger partial charge in [-0.1, -0.05) is 47.6 Å². The van der Waals surface area contributed by atoms with Crippen LogP contribution in [0.1, 0.15) is 67.9 Å². The minimum Gasteiger partial charge on any atom is -0.454 e. The van der Waals surface area contributed by atoms with E-state index in [0.29, 0.717) is 0 Å². The molecule has 1 saturated heterocycles. The number of halogens is 6. The Hall–Kier alpha value is -3.52. The fourth-order valence-electron chi connectivity index (χ4n) is 3.07. The Balaban J connectivity index is 0.00000263. The third kappa shape index (κ3) is 13.9. The van der Waals surface area contributed by atoms with Crippen molar-refractivity contribution >= 4 is 23.7 Å². The van der Waals surface area contributed by atoms with Crippen LogP contribution in [0.5, 0.6) is 6.01 Å². The van der Waals surface area contributed by atoms with Crippen LogP contribution in [0.4, 0.5) is 48.7 Å². The molecule has 0 aliphatic carbocycles. The van der Waals surface area contributed by atoms with E-state index in [1.165, 1.54) is 11.0 Å². The van der Waals surface area contributed by atoms with E-state index >= 15 is 0 Å². The number of aromatic nitrogens is 3. The molecule has 42 heavy (non-hydrogen) atoms. The van der Waals surface area contributed by atoms with Crippen LogP contribution in [0.2, 0.25) is 0 Å². The Kier molecular flexibility index (Phi) is 16.0. The smallest absolute Gasteiger partial charge is 0.422 e. The van der Waals surface area contributed by atoms with Gasteiger partial charge in [-0.15, -0.1) is 0 Å². The molecule has 1 aromatic heterocycles. The number of nitrogens with one attached hydrogen (secondary N) is 1. The molecule has 1 fully saturated rings. The number of rotatable bonds is 5. The van der Waals surface area contributed by atoms with Gasteiger partial charge in [0, 0.05) is 31.9 Å². The summed E-state index contributed by atoms with van der Waals surface area (Å²) in [5.74, 6) is -0.383. The highest BCUT2D eigenvalue weighted by molar-refractivity contribution is 5.68. The van der Waals surface area contributed by atoms with Crippen molar-refractivity contribution in [1.82, 2.24) is 19.9 Å². The number of carbonyl (C=O) groups is 1. The summed E-state index contributed by atoms with van der Waals surface area (Å²) in [7, 11) is 0. The van der Waals surface area contributed by atoms with Crippen LogP contribution in [0.3, 0.4) is 0 Å². The van der Waals surface area contributed by atoms with Gasteiger partial charge in [-0.3, -0.25) is 0 Å². The van der Waals surface area contributed by atoms with Crippen LogP contribution in [-0.2, 0) is 10.9 Å². The second-order valence-corrected chi connectivity index (χ2v) is 8.80. The maximum absolute atomic E-state index is 13.0. The topological polar surface area (TPSA) is 92.7 Å². The van der Waals surface area contributed by atoms with Crippen molar-refractivity contribution in [2.24, 2.45) is 0 Å². The number of hydrogen-bond donors (Lipinski definition) is 1. The van der Waals surface area contributed by atoms with E-state index in [1.54, 1.807) is 25.7 Å². The van der Waals surface area contributed by atoms with Gasteiger partial charge in [0.15, 0.2) is 6.61 Å². The number of nitrogens with zero attached hydrogens (tertiary/aromatic N) is 5. The van der Waals surface area contributed by atoms with Crippen molar-refractivity contribution in [2.75, 3.05) is 43.0 Å². The molecular formula is C27H42F6N6O3. The van der Waals surface area contributed by atoms with Gasteiger partial charge in [-0.2, -0.15) is 41.3 Å². The molecule has 1 N–H and O–H groups in total. The summed E-state index contributed by atoms with van der Waals surface area (Å²) >= 11 is 0. The SMILES string of the molecule is CC.CC.CC.CC(C)(C)OC(=O)N1CCN(c2nc(Nc3cccc(C(F)(F)F)c3)nc(OCC(F)(F)F)n2)CC1. The molecule has 1 amide bonds. The van der Waals surface area contributed by atoms with Gasteiger partial charge >= 0.3 is 24.5 Å². The first-order valence-electron chi connectivity index (χ1n) is 13.7. The molecule has 0 unspecified atom stereocenters. The van der Waals surface area contributed by atoms with E-state index in [1.807, 2.05) is 41.5 Å². The van der Waals surface area contributed by atoms with Crippen LogP contribution in [0.25, 0.3) is 0 Å². The second-order valence-electron chi connectivity index (χ2n) is 8.80. The Labute approximate surface area is 243 Å². The van der Waals surface area contributed by atoms with Crippen molar-refractivity contribution in [3.63, 3.8) is 0 Å². The minimum absolute atomic E-state index is 0.0431. The highest BCUT2D eigenvalue weighted by Crippen LogP contribution is 2.31. The summed E-state index contributed by atoms with van der Waals surface area (Å²) in [5, 5.41) is 2.55. The predicted octanol–water partition coefficient (Wildman–Crippen LogP) is 7.71. The first-order valence-corrected chi connectivity index (χ1v) is 13.7. The maximum atomic E-state index is 13.0. The van der Waals surface area contributed by atoms with E-state index < -0.39 is 42.2 Å². The maximum Gasteiger partial charge on any atom is 0.422 e. The zero-order valence-electron chi connectivity index (χ0n) is 25.6. The molecule has 240 valence electrons. The summed E-state index contributed by atoms with van der Waals surface area (Å²) in [5.41, 5.74) is -1.66. The van der Waals surface area contributed by atoms with E-state index in [4.69, 9.17) is 4.74 Å². The predicted molar refractivity (Wildman–Crippen MR) is 150 cm³/mol. The normalized spacial score (nSPS) is 13.3. The van der Waals surface area contributed by atoms with E-state index in [9.17, 15) is 31.1 Å². The summed E-state index contributed by atoms with van der Waals surface area (Å²) in [6, 6.07) is 3.48. The lowest BCUT2D eigenvalue weighted by molar-refractivity contribution is -0.154. The average molecular weight is 613 g/mol. The van der Waals surface area contributed by atoms with Crippen LogP contribution in [0.15, 0.2) is 24.3 Å². The highest BCUT2D eigenvalue weighted by atomic mass is 19.4. The van der Waals surface area contributed by atoms with E-state index in [-0.39, 0.29) is 43.8 Å². The second kappa shape index (κ2) is 17.4. The largest absolute Gasteiger partial charge is 0.454 e. The lowest BCUT2D eigenvalue weighted by Gasteiger charge is -2.35. The average Bonchev–Trinajstić information content (AvgIpc) is 2.94. The Morgan fingerprint density at radius 3 is 1.95 bits per heavy atom. The zero-order valence-corrected chi connectivity index (χ0v) is 25.6. The summed E-state index contributed by atoms with van der Waals surface area (Å²) in [4.78, 5) is 27.1. The standard InChI is InChI=1S/C21H24F6N6O3.3C2H6/c1-19(2,3)36-18(34)33-9-7-32(8-10-33)16-29-15(30-17(31-16)35-12-20(22,23)24)28-14-6-4-5-13(11-14)21(25,26)27;3*1-2/h4-6,11H,7-10,12H2,1-3H3,(H,28,29,30,31);3*1-2H3. The molecule has 0 radical (unpaired) electrons. The van der Waals surface area contributed by atoms with Crippen molar-refractivity contribution in [1.29, 1.82) is 0 Å². The van der Waals surface area contributed by atoms with Gasteiger partial charge in [0.1, 0.15) is 5.60 Å². The van der Waals surface area contributed by atoms with Gasteiger partial charge < -0.3 is 24.6 Å². The quantitative estimate of drug-likeness (QED) is 0.343. The lowest BCUT2D eigenvalue weighted by Crippen LogP contribution is -2.50. The molecule has 9 nitrogen and oxygen atoms in total. The van der Waals surface area contributed by atoms with E-state index in [0.717, 1.165) is 18.2 Å². The summed E-state index contributed by atoms with van der Waals surface area (Å²) in [6.45, 7) is 16.4. The zero-order chi connectivity index (χ0) is 32.7. The van der Waals surface area contributed by atoms with Crippen molar-refractivity contribution in [2.45, 2.75) is 80.3 Å². The first kappa shape index (κ1) is 38.5. The molecule has 15 heteroatoms. The number of hydrogen-bond acceptors (Lipinski definition) is 8. The fraction of sp³-hybridized carbons (Fsp3) is 0.630. The van der Waals surface area contributed by atoms with Gasteiger partial charge in [0.05, 0.1) is 5.56 Å². The molecule has 0 bridgehead atoms. The van der Waals surface area contributed by atoms with Crippen molar-refractivity contribution < 1.29 is 40.6 Å². The molecule has 0 saturated carbocycles. The number of amides is 1. The molecule has 2 aromatic rings. The van der Waals surface area contributed by atoms with Gasteiger partial charge in [0.25, 0.3) is 0 Å². The highest BCUT2D eigenvalue weighted by Gasteiger charge is 2.32. The molecule has 1 aromatic carbocycles. The van der Waals surface area contributed by atoms with Crippen LogP contribution < -0.4 is 15.0 Å². The van der Waals surface area contributed by atoms with Gasteiger partial charge in [-0.25, -0.2) is 4.79 Å². The fourth-order valence-corrected chi connectivity index (χ4v) is 3.07. The third-order valence-corrected chi connectivity index (χ3v) is 4.63. The Morgan fingerprint density at radius 1 is 0.881 bits per heavy atom. The molecule has 3 rings (SSSR count). The van der Waals surface area contributed by atoms with Crippen LogP contribution in [-0.4, -0.2) is 70.5 Å². The Bertz CT molecular complexity index is 1070. The van der Waals surface area contributed by atoms with Crippen molar-refractivity contribution in [3.05, 3.63) is 29.8 Å². The number of piperazine rings is 1. The Morgan fingerprint density at radius 2 is 1.45 bits per heavy atom. The number of alkyl halides is 6. The number of benzene rings is 1. The number of ether oxygens (including phenoxy) is 2. The van der Waals surface area contributed by atoms with E-state index in [2.05, 4.69) is 25.0 Å². The van der Waals surface area contributed by atoms with Crippen LogP contribution >= 0.6 is 0 Å². The number of anilines is 3. The molecule has 0 atom stereocenters. The molecular weight excluding hydrogens is 570 g/mol. The summed E-state index contributed by atoms with van der Waals surface area (Å²) in [6.07, 6.45) is -9.78. The van der Waals surface area contributed by atoms with Crippen LogP contribution in [0, 0.1) is 0 Å². The first-order chi connectivity index (χ1) is 19.6. The molecule has 1 aliphatic rings. The monoisotopic (exact) mass is 612 g/mol. The lowest BCUT2D eigenvalue weighted by atomic mass is 10.2. The number of carbonyl (C=O) groups excluding carboxylic acids is 1.